The maximum Gasteiger partial charge on any atom is 0.249 e. The van der Waals surface area contributed by atoms with Gasteiger partial charge in [0.15, 0.2) is 0 Å². The van der Waals surface area contributed by atoms with Gasteiger partial charge in [-0.3, -0.25) is 4.79 Å². The predicted molar refractivity (Wildman–Crippen MR) is 107 cm³/mol. The Labute approximate surface area is 159 Å². The molecule has 6 heteroatoms. The fourth-order valence-electron chi connectivity index (χ4n) is 2.87. The second kappa shape index (κ2) is 6.90. The number of benzene rings is 2. The summed E-state index contributed by atoms with van der Waals surface area (Å²) in [5, 5.41) is 2.06. The van der Waals surface area contributed by atoms with Gasteiger partial charge in [0.1, 0.15) is 5.75 Å². The molecule has 0 fully saturated rings. The van der Waals surface area contributed by atoms with Gasteiger partial charge in [-0.15, -0.1) is 11.3 Å². The normalized spacial score (nSPS) is 11.0. The van der Waals surface area contributed by atoms with Crippen molar-refractivity contribution in [3.8, 4) is 17.0 Å². The fourth-order valence-corrected chi connectivity index (χ4v) is 4.96. The smallest absolute Gasteiger partial charge is 0.249 e. The average molecular weight is 380 g/mol. The molecular formula is C20H16N2O2S2. The maximum atomic E-state index is 11.9. The zero-order valence-corrected chi connectivity index (χ0v) is 15.6. The number of nitrogens with two attached hydrogens (primary N) is 1. The van der Waals surface area contributed by atoms with Crippen LogP contribution in [-0.2, 0) is 0 Å². The summed E-state index contributed by atoms with van der Waals surface area (Å²) in [4.78, 5) is 17.5. The zero-order chi connectivity index (χ0) is 18.1. The molecule has 0 bridgehead atoms. The van der Waals surface area contributed by atoms with Gasteiger partial charge in [-0.05, 0) is 35.7 Å². The number of ether oxygens (including phenoxy) is 1. The number of hydrogen-bond donors (Lipinski definition) is 2. The summed E-state index contributed by atoms with van der Waals surface area (Å²) in [5.41, 5.74) is 8.87. The van der Waals surface area contributed by atoms with Gasteiger partial charge in [0.25, 0.3) is 0 Å². The van der Waals surface area contributed by atoms with E-state index < -0.39 is 5.91 Å². The van der Waals surface area contributed by atoms with Crippen molar-refractivity contribution in [2.24, 2.45) is 5.73 Å². The van der Waals surface area contributed by atoms with Crippen LogP contribution in [0.3, 0.4) is 0 Å². The van der Waals surface area contributed by atoms with Gasteiger partial charge in [-0.1, -0.05) is 36.0 Å². The molecule has 4 nitrogen and oxygen atoms in total. The lowest BCUT2D eigenvalue weighted by Crippen LogP contribution is -2.12. The summed E-state index contributed by atoms with van der Waals surface area (Å²) >= 11 is 3.32. The summed E-state index contributed by atoms with van der Waals surface area (Å²) in [6.45, 7) is 0. The standard InChI is InChI=1S/C20H16N2O2S2/c1-24-12-5-4-6-13(11-12)26-19-17(22-16-9-10-25-18(16)19)14-7-2-3-8-15(14)20(21)23/h2-11,22H,1H3,(H2,21,23). The van der Waals surface area contributed by atoms with E-state index in [2.05, 4.69) is 10.4 Å². The van der Waals surface area contributed by atoms with Crippen LogP contribution < -0.4 is 10.5 Å². The van der Waals surface area contributed by atoms with Crippen LogP contribution in [0.15, 0.2) is 69.8 Å². The minimum Gasteiger partial charge on any atom is -0.497 e. The van der Waals surface area contributed by atoms with Crippen molar-refractivity contribution >= 4 is 39.2 Å². The number of carbonyl (C=O) groups is 1. The van der Waals surface area contributed by atoms with Gasteiger partial charge in [-0.25, -0.2) is 0 Å². The number of aromatic nitrogens is 1. The van der Waals surface area contributed by atoms with Crippen molar-refractivity contribution in [1.82, 2.24) is 4.98 Å². The number of hydrogen-bond acceptors (Lipinski definition) is 4. The van der Waals surface area contributed by atoms with E-state index in [0.717, 1.165) is 37.0 Å². The van der Waals surface area contributed by atoms with Crippen LogP contribution in [0.2, 0.25) is 0 Å². The quantitative estimate of drug-likeness (QED) is 0.503. The summed E-state index contributed by atoms with van der Waals surface area (Å²) in [5.74, 6) is 0.378. The Morgan fingerprint density at radius 1 is 1.15 bits per heavy atom. The van der Waals surface area contributed by atoms with Crippen LogP contribution in [0, 0.1) is 0 Å². The maximum absolute atomic E-state index is 11.9. The lowest BCUT2D eigenvalue weighted by Gasteiger charge is -2.09. The molecule has 0 aliphatic heterocycles. The highest BCUT2D eigenvalue weighted by atomic mass is 32.2. The van der Waals surface area contributed by atoms with E-state index in [1.165, 1.54) is 0 Å². The lowest BCUT2D eigenvalue weighted by molar-refractivity contribution is 0.100. The number of nitrogens with one attached hydrogen (secondary N) is 1. The van der Waals surface area contributed by atoms with E-state index in [0.29, 0.717) is 5.56 Å². The van der Waals surface area contributed by atoms with E-state index in [1.807, 2.05) is 48.5 Å². The summed E-state index contributed by atoms with van der Waals surface area (Å²) in [6.07, 6.45) is 0. The Balaban J connectivity index is 1.88. The molecule has 0 unspecified atom stereocenters. The molecule has 2 aromatic carbocycles. The Hall–Kier alpha value is -2.70. The third-order valence-corrected chi connectivity index (χ3v) is 6.24. The first-order valence-electron chi connectivity index (χ1n) is 7.97. The molecule has 1 amide bonds. The summed E-state index contributed by atoms with van der Waals surface area (Å²) < 4.78 is 6.49. The Morgan fingerprint density at radius 2 is 2.00 bits per heavy atom. The number of aromatic amines is 1. The van der Waals surface area contributed by atoms with Crippen molar-refractivity contribution in [1.29, 1.82) is 0 Å². The molecule has 0 radical (unpaired) electrons. The third-order valence-electron chi connectivity index (χ3n) is 4.08. The second-order valence-electron chi connectivity index (χ2n) is 5.68. The van der Waals surface area contributed by atoms with E-state index in [-0.39, 0.29) is 0 Å². The van der Waals surface area contributed by atoms with Crippen LogP contribution in [0.1, 0.15) is 10.4 Å². The van der Waals surface area contributed by atoms with Crippen molar-refractivity contribution in [3.63, 3.8) is 0 Å². The van der Waals surface area contributed by atoms with Gasteiger partial charge >= 0.3 is 0 Å². The Morgan fingerprint density at radius 3 is 2.81 bits per heavy atom. The summed E-state index contributed by atoms with van der Waals surface area (Å²) in [6, 6.07) is 17.4. The molecule has 3 N–H and O–H groups in total. The first kappa shape index (κ1) is 16.8. The van der Waals surface area contributed by atoms with Gasteiger partial charge in [0.05, 0.1) is 27.9 Å². The minimum atomic E-state index is -0.434. The average Bonchev–Trinajstić information content (AvgIpc) is 3.24. The number of fused-ring (bicyclic) bond motifs is 1. The van der Waals surface area contributed by atoms with Crippen LogP contribution in [-0.4, -0.2) is 18.0 Å². The highest BCUT2D eigenvalue weighted by Crippen LogP contribution is 2.44. The molecule has 0 aliphatic carbocycles. The molecule has 130 valence electrons. The topological polar surface area (TPSA) is 68.1 Å². The van der Waals surface area contributed by atoms with Gasteiger partial charge < -0.3 is 15.5 Å². The molecule has 2 aromatic heterocycles. The number of rotatable bonds is 5. The first-order chi connectivity index (χ1) is 12.7. The SMILES string of the molecule is COc1cccc(Sc2c(-c3ccccc3C(N)=O)[nH]c3ccsc23)c1. The molecule has 4 rings (SSSR count). The van der Waals surface area contributed by atoms with Crippen molar-refractivity contribution in [2.75, 3.05) is 7.11 Å². The van der Waals surface area contributed by atoms with Crippen LogP contribution in [0.5, 0.6) is 5.75 Å². The highest BCUT2D eigenvalue weighted by molar-refractivity contribution is 7.99. The molecular weight excluding hydrogens is 364 g/mol. The van der Waals surface area contributed by atoms with Crippen molar-refractivity contribution in [2.45, 2.75) is 9.79 Å². The first-order valence-corrected chi connectivity index (χ1v) is 9.67. The molecule has 4 aromatic rings. The molecule has 0 saturated carbocycles. The second-order valence-corrected chi connectivity index (χ2v) is 7.68. The number of amides is 1. The van der Waals surface area contributed by atoms with E-state index >= 15 is 0 Å². The molecule has 0 saturated heterocycles. The zero-order valence-electron chi connectivity index (χ0n) is 14.0. The molecule has 0 spiro atoms. The van der Waals surface area contributed by atoms with Crippen LogP contribution >= 0.6 is 23.1 Å². The van der Waals surface area contributed by atoms with E-state index in [1.54, 1.807) is 36.3 Å². The molecule has 0 aliphatic rings. The van der Waals surface area contributed by atoms with Crippen LogP contribution in [0.25, 0.3) is 21.5 Å². The lowest BCUT2D eigenvalue weighted by atomic mass is 10.0. The highest BCUT2D eigenvalue weighted by Gasteiger charge is 2.19. The monoisotopic (exact) mass is 380 g/mol. The Kier molecular flexibility index (Phi) is 4.44. The Bertz CT molecular complexity index is 1100. The third kappa shape index (κ3) is 2.98. The van der Waals surface area contributed by atoms with E-state index in [4.69, 9.17) is 10.5 Å². The van der Waals surface area contributed by atoms with E-state index in [9.17, 15) is 4.79 Å². The summed E-state index contributed by atoms with van der Waals surface area (Å²) in [7, 11) is 1.66. The van der Waals surface area contributed by atoms with Gasteiger partial charge in [0.2, 0.25) is 5.91 Å². The number of thiophene rings is 1. The number of methoxy groups -OCH3 is 1. The van der Waals surface area contributed by atoms with Crippen LogP contribution in [0.4, 0.5) is 0 Å². The van der Waals surface area contributed by atoms with Gasteiger partial charge in [0, 0.05) is 16.0 Å². The number of carbonyl (C=O) groups excluding carboxylic acids is 1. The number of H-pyrrole nitrogens is 1. The largest absolute Gasteiger partial charge is 0.497 e. The van der Waals surface area contributed by atoms with Gasteiger partial charge in [-0.2, -0.15) is 0 Å². The molecule has 2 heterocycles. The minimum absolute atomic E-state index is 0.434. The molecule has 26 heavy (non-hydrogen) atoms. The molecule has 0 atom stereocenters. The van der Waals surface area contributed by atoms with Crippen molar-refractivity contribution in [3.05, 3.63) is 65.5 Å². The van der Waals surface area contributed by atoms with Crippen molar-refractivity contribution < 1.29 is 9.53 Å². The fraction of sp³-hybridized carbons (Fsp3) is 0.0500. The number of primary amides is 1. The predicted octanol–water partition coefficient (Wildman–Crippen LogP) is 5.16.